The van der Waals surface area contributed by atoms with E-state index in [1.165, 1.54) is 5.56 Å². The Morgan fingerprint density at radius 2 is 1.87 bits per heavy atom. The van der Waals surface area contributed by atoms with Gasteiger partial charge in [-0.1, -0.05) is 42.5 Å². The molecule has 31 heavy (non-hydrogen) atoms. The fourth-order valence-electron chi connectivity index (χ4n) is 4.57. The first kappa shape index (κ1) is 19.9. The van der Waals surface area contributed by atoms with Crippen LogP contribution in [0.2, 0.25) is 0 Å². The molecule has 3 aromatic rings. The smallest absolute Gasteiger partial charge is 0.410 e. The van der Waals surface area contributed by atoms with Gasteiger partial charge < -0.3 is 19.4 Å². The van der Waals surface area contributed by atoms with Crippen LogP contribution < -0.4 is 5.69 Å². The molecule has 0 spiro atoms. The highest BCUT2D eigenvalue weighted by Gasteiger charge is 2.36. The Kier molecular flexibility index (Phi) is 5.28. The molecule has 7 heteroatoms. The number of fused-ring (bicyclic) bond motifs is 1. The van der Waals surface area contributed by atoms with E-state index in [0.29, 0.717) is 31.5 Å². The van der Waals surface area contributed by atoms with Gasteiger partial charge in [0.15, 0.2) is 0 Å². The monoisotopic (exact) mass is 421 g/mol. The van der Waals surface area contributed by atoms with E-state index in [1.807, 2.05) is 49.5 Å². The van der Waals surface area contributed by atoms with Gasteiger partial charge in [-0.15, -0.1) is 0 Å². The maximum absolute atomic E-state index is 12.1. The van der Waals surface area contributed by atoms with E-state index in [0.717, 1.165) is 36.0 Å². The maximum Gasteiger partial charge on any atom is 0.410 e. The fraction of sp³-hybridized carbons (Fsp3) is 0.417. The predicted octanol–water partition coefficient (Wildman–Crippen LogP) is 3.40. The number of amides is 1. The highest BCUT2D eigenvalue weighted by Crippen LogP contribution is 2.43. The largest absolute Gasteiger partial charge is 0.445 e. The van der Waals surface area contributed by atoms with Crippen LogP contribution in [0.15, 0.2) is 53.3 Å². The van der Waals surface area contributed by atoms with Crippen LogP contribution in [0.5, 0.6) is 0 Å². The summed E-state index contributed by atoms with van der Waals surface area (Å²) in [5.74, 6) is 0.986. The molecule has 5 rings (SSSR count). The summed E-state index contributed by atoms with van der Waals surface area (Å²) in [5, 5.41) is 0. The Hall–Kier alpha value is -3.06. The standard InChI is InChI=1S/C24H27N3O4/c1-26-22-20(8-5-9-21(22)25-23(26)28)18-10-17(11-18)15-30-19-12-27(13-19)24(29)31-14-16-6-3-2-4-7-16/h2-9,17-19H,10-15H2,1H3,(H,25,28)/t17-,18-. The average molecular weight is 421 g/mol. The number of aromatic amines is 1. The van der Waals surface area contributed by atoms with Crippen LogP contribution in [0.4, 0.5) is 4.79 Å². The van der Waals surface area contributed by atoms with Gasteiger partial charge in [-0.25, -0.2) is 9.59 Å². The summed E-state index contributed by atoms with van der Waals surface area (Å²) in [6.45, 7) is 2.20. The van der Waals surface area contributed by atoms with Crippen LogP contribution in [-0.2, 0) is 23.1 Å². The minimum absolute atomic E-state index is 0.0708. The fourth-order valence-corrected chi connectivity index (χ4v) is 4.57. The van der Waals surface area contributed by atoms with Crippen LogP contribution in [-0.4, -0.2) is 46.3 Å². The van der Waals surface area contributed by atoms with Crippen LogP contribution in [0.1, 0.15) is 29.9 Å². The van der Waals surface area contributed by atoms with Crippen molar-refractivity contribution in [3.8, 4) is 0 Å². The number of likely N-dealkylation sites (tertiary alicyclic amines) is 1. The number of rotatable bonds is 6. The normalized spacial score (nSPS) is 21.0. The number of H-pyrrole nitrogens is 1. The van der Waals surface area contributed by atoms with Crippen molar-refractivity contribution in [1.29, 1.82) is 0 Å². The lowest BCUT2D eigenvalue weighted by Gasteiger charge is -2.41. The van der Waals surface area contributed by atoms with E-state index >= 15 is 0 Å². The second-order valence-corrected chi connectivity index (χ2v) is 8.67. The van der Waals surface area contributed by atoms with Gasteiger partial charge in [0.2, 0.25) is 0 Å². The van der Waals surface area contributed by atoms with Crippen LogP contribution in [0, 0.1) is 5.92 Å². The maximum atomic E-state index is 12.1. The van der Waals surface area contributed by atoms with Gasteiger partial charge >= 0.3 is 11.8 Å². The summed E-state index contributed by atoms with van der Waals surface area (Å²) in [6, 6.07) is 15.8. The first-order valence-corrected chi connectivity index (χ1v) is 10.8. The number of ether oxygens (including phenoxy) is 2. The van der Waals surface area contributed by atoms with Crippen molar-refractivity contribution in [1.82, 2.24) is 14.5 Å². The summed E-state index contributed by atoms with van der Waals surface area (Å²) >= 11 is 0. The molecular formula is C24H27N3O4. The summed E-state index contributed by atoms with van der Waals surface area (Å²) in [7, 11) is 1.82. The predicted molar refractivity (Wildman–Crippen MR) is 117 cm³/mol. The zero-order valence-electron chi connectivity index (χ0n) is 17.6. The van der Waals surface area contributed by atoms with Crippen molar-refractivity contribution >= 4 is 17.1 Å². The first-order valence-electron chi connectivity index (χ1n) is 10.8. The summed E-state index contributed by atoms with van der Waals surface area (Å²) < 4.78 is 13.1. The van der Waals surface area contributed by atoms with E-state index in [9.17, 15) is 9.59 Å². The molecule has 2 fully saturated rings. The Labute approximate surface area is 180 Å². The quantitative estimate of drug-likeness (QED) is 0.662. The van der Waals surface area contributed by atoms with E-state index in [1.54, 1.807) is 9.47 Å². The number of aromatic nitrogens is 2. The van der Waals surface area contributed by atoms with Crippen molar-refractivity contribution in [3.63, 3.8) is 0 Å². The molecule has 1 N–H and O–H groups in total. The molecule has 162 valence electrons. The molecule has 1 saturated heterocycles. The minimum Gasteiger partial charge on any atom is -0.445 e. The zero-order valence-corrected chi connectivity index (χ0v) is 17.6. The topological polar surface area (TPSA) is 76.6 Å². The van der Waals surface area contributed by atoms with Crippen molar-refractivity contribution in [2.24, 2.45) is 13.0 Å². The van der Waals surface area contributed by atoms with Gasteiger partial charge in [0, 0.05) is 13.7 Å². The van der Waals surface area contributed by atoms with Crippen LogP contribution in [0.3, 0.4) is 0 Å². The lowest BCUT2D eigenvalue weighted by Crippen LogP contribution is -2.55. The van der Waals surface area contributed by atoms with Crippen LogP contribution in [0.25, 0.3) is 11.0 Å². The second kappa shape index (κ2) is 8.23. The van der Waals surface area contributed by atoms with Crippen molar-refractivity contribution in [2.75, 3.05) is 19.7 Å². The van der Waals surface area contributed by atoms with E-state index in [4.69, 9.17) is 9.47 Å². The average Bonchev–Trinajstić information content (AvgIpc) is 3.01. The Morgan fingerprint density at radius 1 is 1.10 bits per heavy atom. The number of benzene rings is 2. The molecule has 2 aromatic carbocycles. The molecule has 1 aliphatic heterocycles. The molecule has 0 unspecified atom stereocenters. The summed E-state index contributed by atoms with van der Waals surface area (Å²) in [5.41, 5.74) is 4.07. The Bertz CT molecular complexity index is 1120. The third-order valence-corrected chi connectivity index (χ3v) is 6.50. The number of hydrogen-bond donors (Lipinski definition) is 1. The van der Waals surface area contributed by atoms with E-state index in [2.05, 4.69) is 11.1 Å². The highest BCUT2D eigenvalue weighted by molar-refractivity contribution is 5.79. The molecule has 0 atom stereocenters. The third kappa shape index (κ3) is 3.97. The number of imidazole rings is 1. The minimum atomic E-state index is -0.280. The molecule has 1 amide bonds. The van der Waals surface area contributed by atoms with E-state index in [-0.39, 0.29) is 17.9 Å². The number of nitrogens with one attached hydrogen (secondary N) is 1. The van der Waals surface area contributed by atoms with Gasteiger partial charge in [0.1, 0.15) is 6.61 Å². The first-order chi connectivity index (χ1) is 15.1. The molecule has 0 radical (unpaired) electrons. The molecule has 2 aliphatic rings. The number of carbonyl (C=O) groups excluding carboxylic acids is 1. The van der Waals surface area contributed by atoms with Crippen molar-refractivity contribution in [3.05, 3.63) is 70.1 Å². The molecule has 1 saturated carbocycles. The van der Waals surface area contributed by atoms with Crippen molar-refractivity contribution < 1.29 is 14.3 Å². The molecule has 0 bridgehead atoms. The second-order valence-electron chi connectivity index (χ2n) is 8.67. The molecule has 2 heterocycles. The Morgan fingerprint density at radius 3 is 2.65 bits per heavy atom. The Balaban J connectivity index is 1.04. The summed E-state index contributed by atoms with van der Waals surface area (Å²) in [6.07, 6.45) is 1.94. The lowest BCUT2D eigenvalue weighted by atomic mass is 9.71. The third-order valence-electron chi connectivity index (χ3n) is 6.50. The van der Waals surface area contributed by atoms with Gasteiger partial charge in [-0.3, -0.25) is 4.57 Å². The molecule has 1 aromatic heterocycles. The zero-order chi connectivity index (χ0) is 21.4. The summed E-state index contributed by atoms with van der Waals surface area (Å²) in [4.78, 5) is 28.6. The number of carbonyl (C=O) groups is 1. The molecule has 7 nitrogen and oxygen atoms in total. The number of hydrogen-bond acceptors (Lipinski definition) is 4. The number of aryl methyl sites for hydroxylation is 1. The van der Waals surface area contributed by atoms with Crippen LogP contribution >= 0.6 is 0 Å². The van der Waals surface area contributed by atoms with Gasteiger partial charge in [-0.2, -0.15) is 0 Å². The van der Waals surface area contributed by atoms with Crippen molar-refractivity contribution in [2.45, 2.75) is 31.5 Å². The van der Waals surface area contributed by atoms with Gasteiger partial charge in [0.25, 0.3) is 0 Å². The van der Waals surface area contributed by atoms with E-state index < -0.39 is 0 Å². The molecule has 1 aliphatic carbocycles. The lowest BCUT2D eigenvalue weighted by molar-refractivity contribution is -0.0705. The SMILES string of the molecule is Cn1c(=O)[nH]c2cccc([C@H]3C[C@H](COC4CN(C(=O)OCc5ccccc5)C4)C3)c21. The molecular weight excluding hydrogens is 394 g/mol. The van der Waals surface area contributed by atoms with Gasteiger partial charge in [-0.05, 0) is 41.9 Å². The highest BCUT2D eigenvalue weighted by atomic mass is 16.6. The number of para-hydroxylation sites is 1. The van der Waals surface area contributed by atoms with Gasteiger partial charge in [0.05, 0.1) is 30.2 Å². The number of nitrogens with zero attached hydrogens (tertiary/aromatic N) is 2.